The van der Waals surface area contributed by atoms with Gasteiger partial charge < -0.3 is 15.8 Å². The number of carbonyl (C=O) groups is 2. The van der Waals surface area contributed by atoms with Crippen molar-refractivity contribution in [3.63, 3.8) is 0 Å². The largest absolute Gasteiger partial charge is 0.416 e. The summed E-state index contributed by atoms with van der Waals surface area (Å²) < 4.78 is 43.9. The Bertz CT molecular complexity index is 850. The van der Waals surface area contributed by atoms with E-state index in [-0.39, 0.29) is 36.3 Å². The normalized spacial score (nSPS) is 32.2. The molecule has 5 nitrogen and oxygen atoms in total. The Labute approximate surface area is 179 Å². The van der Waals surface area contributed by atoms with Gasteiger partial charge in [0, 0.05) is 11.5 Å². The van der Waals surface area contributed by atoms with Crippen LogP contribution in [0.15, 0.2) is 24.3 Å². The molecule has 4 aliphatic rings. The summed E-state index contributed by atoms with van der Waals surface area (Å²) in [5.74, 6) is 0.533. The lowest BCUT2D eigenvalue weighted by molar-refractivity contribution is -0.154. The van der Waals surface area contributed by atoms with Crippen LogP contribution < -0.4 is 11.1 Å². The highest BCUT2D eigenvalue weighted by atomic mass is 19.4. The van der Waals surface area contributed by atoms with Crippen LogP contribution in [-0.2, 0) is 27.1 Å². The fraction of sp³-hybridized carbons (Fsp3) is 0.652. The number of carbonyl (C=O) groups excluding carboxylic acids is 2. The molecule has 2 amide bonds. The summed E-state index contributed by atoms with van der Waals surface area (Å²) >= 11 is 0. The molecule has 1 aromatic rings. The van der Waals surface area contributed by atoms with E-state index in [1.54, 1.807) is 13.8 Å². The molecule has 4 fully saturated rings. The summed E-state index contributed by atoms with van der Waals surface area (Å²) in [6, 6.07) is 4.74. The number of primary amides is 1. The van der Waals surface area contributed by atoms with Gasteiger partial charge >= 0.3 is 6.18 Å². The van der Waals surface area contributed by atoms with Crippen LogP contribution in [0.5, 0.6) is 0 Å². The second kappa shape index (κ2) is 7.50. The van der Waals surface area contributed by atoms with Gasteiger partial charge in [-0.15, -0.1) is 0 Å². The van der Waals surface area contributed by atoms with Gasteiger partial charge in [-0.25, -0.2) is 0 Å². The molecular formula is C23H29F3N2O3. The van der Waals surface area contributed by atoms with E-state index >= 15 is 0 Å². The number of halogens is 3. The molecule has 31 heavy (non-hydrogen) atoms. The Morgan fingerprint density at radius 2 is 1.68 bits per heavy atom. The maximum Gasteiger partial charge on any atom is 0.416 e. The third-order valence-electron chi connectivity index (χ3n) is 7.52. The summed E-state index contributed by atoms with van der Waals surface area (Å²) in [5.41, 5.74) is 4.02. The Balaban J connectivity index is 1.37. The average Bonchev–Trinajstić information content (AvgIpc) is 2.68. The Morgan fingerprint density at radius 3 is 2.19 bits per heavy atom. The standard InChI is InChI=1S/C23H29F3N2O3/c1-21(2,31-12-13-3-5-17(6-4-13)23(24,25)26)20(30)28-18-15-7-14-8-16(18)11-22(9-14,10-15)19(27)29/h3-6,14-16,18H,7-12H2,1-2H3,(H2,27,29)(H,28,30). The predicted octanol–water partition coefficient (Wildman–Crippen LogP) is 3.80. The molecule has 0 heterocycles. The summed E-state index contributed by atoms with van der Waals surface area (Å²) in [5, 5.41) is 3.16. The van der Waals surface area contributed by atoms with Crippen molar-refractivity contribution in [3.05, 3.63) is 35.4 Å². The van der Waals surface area contributed by atoms with Gasteiger partial charge in [0.15, 0.2) is 0 Å². The minimum Gasteiger partial charge on any atom is -0.369 e. The van der Waals surface area contributed by atoms with Crippen LogP contribution in [-0.4, -0.2) is 23.5 Å². The van der Waals surface area contributed by atoms with Gasteiger partial charge in [-0.1, -0.05) is 12.1 Å². The maximum absolute atomic E-state index is 13.0. The number of amides is 2. The van der Waals surface area contributed by atoms with Crippen molar-refractivity contribution in [1.82, 2.24) is 5.32 Å². The molecule has 0 aliphatic heterocycles. The van der Waals surface area contributed by atoms with Crippen molar-refractivity contribution < 1.29 is 27.5 Å². The van der Waals surface area contributed by atoms with Crippen LogP contribution in [0.25, 0.3) is 0 Å². The van der Waals surface area contributed by atoms with Gasteiger partial charge in [0.2, 0.25) is 5.91 Å². The van der Waals surface area contributed by atoms with Crippen molar-refractivity contribution in [2.24, 2.45) is 28.9 Å². The Morgan fingerprint density at radius 1 is 1.10 bits per heavy atom. The maximum atomic E-state index is 13.0. The van der Waals surface area contributed by atoms with Crippen molar-refractivity contribution in [3.8, 4) is 0 Å². The van der Waals surface area contributed by atoms with E-state index in [2.05, 4.69) is 5.32 Å². The number of rotatable bonds is 6. The number of alkyl halides is 3. The van der Waals surface area contributed by atoms with E-state index in [4.69, 9.17) is 10.5 Å². The SMILES string of the molecule is CC(C)(OCc1ccc(C(F)(F)F)cc1)C(=O)NC1C2CC3CC1CC(C(N)=O)(C3)C2. The molecule has 2 atom stereocenters. The Hall–Kier alpha value is -2.09. The molecule has 3 N–H and O–H groups in total. The predicted molar refractivity (Wildman–Crippen MR) is 107 cm³/mol. The minimum atomic E-state index is -4.38. The first-order chi connectivity index (χ1) is 14.4. The van der Waals surface area contributed by atoms with Crippen LogP contribution >= 0.6 is 0 Å². The monoisotopic (exact) mass is 438 g/mol. The summed E-state index contributed by atoms with van der Waals surface area (Å²) in [7, 11) is 0. The lowest BCUT2D eigenvalue weighted by atomic mass is 9.47. The zero-order chi connectivity index (χ0) is 22.6. The second-order valence-electron chi connectivity index (χ2n) is 10.1. The van der Waals surface area contributed by atoms with Gasteiger partial charge in [0.25, 0.3) is 5.91 Å². The summed E-state index contributed by atoms with van der Waals surface area (Å²) in [6.07, 6.45) is -0.0467. The summed E-state index contributed by atoms with van der Waals surface area (Å²) in [4.78, 5) is 25.1. The molecule has 0 spiro atoms. The fourth-order valence-corrected chi connectivity index (χ4v) is 6.01. The quantitative estimate of drug-likeness (QED) is 0.709. The van der Waals surface area contributed by atoms with Crippen LogP contribution in [0.3, 0.4) is 0 Å². The first kappa shape index (κ1) is 22.1. The van der Waals surface area contributed by atoms with Gasteiger partial charge in [0.1, 0.15) is 5.60 Å². The van der Waals surface area contributed by atoms with E-state index in [0.29, 0.717) is 11.5 Å². The number of nitrogens with one attached hydrogen (secondary N) is 1. The van der Waals surface area contributed by atoms with Gasteiger partial charge in [-0.05, 0) is 81.4 Å². The first-order valence-electron chi connectivity index (χ1n) is 10.8. The molecule has 4 aliphatic carbocycles. The zero-order valence-electron chi connectivity index (χ0n) is 17.8. The molecule has 0 saturated heterocycles. The summed E-state index contributed by atoms with van der Waals surface area (Å²) in [6.45, 7) is 3.35. The molecule has 4 saturated carbocycles. The molecule has 4 bridgehead atoms. The minimum absolute atomic E-state index is 0.00506. The number of nitrogens with two attached hydrogens (primary N) is 1. The van der Waals surface area contributed by atoms with Crippen molar-refractivity contribution >= 4 is 11.8 Å². The molecule has 170 valence electrons. The topological polar surface area (TPSA) is 81.4 Å². The van der Waals surface area contributed by atoms with E-state index in [1.807, 2.05) is 0 Å². The highest BCUT2D eigenvalue weighted by Crippen LogP contribution is 2.59. The third-order valence-corrected chi connectivity index (χ3v) is 7.52. The van der Waals surface area contributed by atoms with E-state index in [9.17, 15) is 22.8 Å². The Kier molecular flexibility index (Phi) is 5.35. The lowest BCUT2D eigenvalue weighted by Gasteiger charge is -2.59. The zero-order valence-corrected chi connectivity index (χ0v) is 17.8. The molecule has 1 aromatic carbocycles. The molecule has 0 aromatic heterocycles. The molecule has 0 radical (unpaired) electrons. The van der Waals surface area contributed by atoms with Crippen LogP contribution in [0, 0.1) is 23.2 Å². The van der Waals surface area contributed by atoms with Crippen LogP contribution in [0.2, 0.25) is 0 Å². The smallest absolute Gasteiger partial charge is 0.369 e. The number of ether oxygens (including phenoxy) is 1. The van der Waals surface area contributed by atoms with Crippen molar-refractivity contribution in [1.29, 1.82) is 0 Å². The van der Waals surface area contributed by atoms with E-state index in [1.165, 1.54) is 12.1 Å². The number of hydrogen-bond donors (Lipinski definition) is 2. The average molecular weight is 438 g/mol. The molecule has 8 heteroatoms. The van der Waals surface area contributed by atoms with E-state index < -0.39 is 22.8 Å². The fourth-order valence-electron chi connectivity index (χ4n) is 6.01. The second-order valence-corrected chi connectivity index (χ2v) is 10.1. The number of hydrogen-bond acceptors (Lipinski definition) is 3. The van der Waals surface area contributed by atoms with E-state index in [0.717, 1.165) is 44.2 Å². The van der Waals surface area contributed by atoms with Gasteiger partial charge in [-0.3, -0.25) is 9.59 Å². The highest BCUT2D eigenvalue weighted by Gasteiger charge is 2.58. The van der Waals surface area contributed by atoms with Crippen LogP contribution in [0.4, 0.5) is 13.2 Å². The molecule has 2 unspecified atom stereocenters. The van der Waals surface area contributed by atoms with Gasteiger partial charge in [0.05, 0.1) is 12.2 Å². The molecule has 5 rings (SSSR count). The number of benzene rings is 1. The first-order valence-corrected chi connectivity index (χ1v) is 10.8. The van der Waals surface area contributed by atoms with Crippen molar-refractivity contribution in [2.75, 3.05) is 0 Å². The lowest BCUT2D eigenvalue weighted by Crippen LogP contribution is -2.63. The molecular weight excluding hydrogens is 409 g/mol. The highest BCUT2D eigenvalue weighted by molar-refractivity contribution is 5.85. The van der Waals surface area contributed by atoms with Crippen LogP contribution in [0.1, 0.15) is 57.1 Å². The van der Waals surface area contributed by atoms with Crippen molar-refractivity contribution in [2.45, 2.75) is 70.4 Å². The van der Waals surface area contributed by atoms with Gasteiger partial charge in [-0.2, -0.15) is 13.2 Å². The third kappa shape index (κ3) is 4.19.